The van der Waals surface area contributed by atoms with Crippen LogP contribution in [0.15, 0.2) is 16.7 Å². The molecule has 3 nitrogen and oxygen atoms in total. The monoisotopic (exact) mass is 282 g/mol. The van der Waals surface area contributed by atoms with Crippen LogP contribution < -0.4 is 5.32 Å². The zero-order valence-electron chi connectivity index (χ0n) is 12.5. The second-order valence-electron chi connectivity index (χ2n) is 6.39. The Balaban J connectivity index is 1.91. The van der Waals surface area contributed by atoms with E-state index < -0.39 is 0 Å². The Morgan fingerprint density at radius 1 is 1.47 bits per heavy atom. The number of nitrogens with one attached hydrogen (secondary N) is 1. The third-order valence-corrected chi connectivity index (χ3v) is 4.47. The summed E-state index contributed by atoms with van der Waals surface area (Å²) in [7, 11) is 0. The summed E-state index contributed by atoms with van der Waals surface area (Å²) in [4.78, 5) is 2.53. The van der Waals surface area contributed by atoms with Gasteiger partial charge in [0.2, 0.25) is 0 Å². The van der Waals surface area contributed by atoms with E-state index >= 15 is 0 Å². The summed E-state index contributed by atoms with van der Waals surface area (Å²) in [5.41, 5.74) is 1.45. The molecule has 1 aliphatic heterocycles. The van der Waals surface area contributed by atoms with Gasteiger partial charge in [0, 0.05) is 41.7 Å². The SMILES string of the molecule is CC1CN(Cc2ccoc2CNC(C)(C)C)CCS1. The molecule has 2 rings (SSSR count). The molecule has 1 unspecified atom stereocenters. The Morgan fingerprint density at radius 3 is 2.95 bits per heavy atom. The first-order chi connectivity index (χ1) is 8.94. The quantitative estimate of drug-likeness (QED) is 0.918. The highest BCUT2D eigenvalue weighted by Crippen LogP contribution is 2.21. The van der Waals surface area contributed by atoms with Crippen LogP contribution >= 0.6 is 11.8 Å². The van der Waals surface area contributed by atoms with E-state index in [1.54, 1.807) is 0 Å². The van der Waals surface area contributed by atoms with Crippen LogP contribution in [0.3, 0.4) is 0 Å². The molecule has 0 bridgehead atoms. The molecule has 1 atom stereocenters. The summed E-state index contributed by atoms with van der Waals surface area (Å²) in [6.07, 6.45) is 1.82. The third kappa shape index (κ3) is 4.86. The highest BCUT2D eigenvalue weighted by atomic mass is 32.2. The van der Waals surface area contributed by atoms with Gasteiger partial charge in [-0.2, -0.15) is 11.8 Å². The molecule has 1 aromatic heterocycles. The number of hydrogen-bond acceptors (Lipinski definition) is 4. The van der Waals surface area contributed by atoms with E-state index in [-0.39, 0.29) is 5.54 Å². The predicted octanol–water partition coefficient (Wildman–Crippen LogP) is 3.11. The van der Waals surface area contributed by atoms with Gasteiger partial charge in [-0.15, -0.1) is 0 Å². The molecule has 1 fully saturated rings. The lowest BCUT2D eigenvalue weighted by Gasteiger charge is -2.30. The number of furan rings is 1. The maximum Gasteiger partial charge on any atom is 0.122 e. The summed E-state index contributed by atoms with van der Waals surface area (Å²) in [5.74, 6) is 2.33. The van der Waals surface area contributed by atoms with Crippen LogP contribution in [0.2, 0.25) is 0 Å². The van der Waals surface area contributed by atoms with Gasteiger partial charge in [0.1, 0.15) is 5.76 Å². The van der Waals surface area contributed by atoms with Crippen molar-refractivity contribution in [3.63, 3.8) is 0 Å². The first-order valence-corrected chi connectivity index (χ1v) is 8.13. The highest BCUT2D eigenvalue weighted by molar-refractivity contribution is 7.99. The van der Waals surface area contributed by atoms with Gasteiger partial charge in [0.15, 0.2) is 0 Å². The molecule has 0 aliphatic carbocycles. The lowest BCUT2D eigenvalue weighted by molar-refractivity contribution is 0.274. The molecule has 1 aromatic rings. The topological polar surface area (TPSA) is 28.4 Å². The molecule has 108 valence electrons. The van der Waals surface area contributed by atoms with Crippen LogP contribution in [0, 0.1) is 0 Å². The average Bonchev–Trinajstić information content (AvgIpc) is 2.73. The summed E-state index contributed by atoms with van der Waals surface area (Å²) < 4.78 is 5.63. The van der Waals surface area contributed by atoms with Gasteiger partial charge in [-0.3, -0.25) is 4.90 Å². The van der Waals surface area contributed by atoms with Crippen molar-refractivity contribution >= 4 is 11.8 Å². The van der Waals surface area contributed by atoms with Crippen molar-refractivity contribution in [2.45, 2.75) is 51.6 Å². The molecule has 0 aromatic carbocycles. The van der Waals surface area contributed by atoms with Crippen molar-refractivity contribution in [1.29, 1.82) is 0 Å². The fraction of sp³-hybridized carbons (Fsp3) is 0.733. The maximum atomic E-state index is 5.63. The van der Waals surface area contributed by atoms with Crippen molar-refractivity contribution in [1.82, 2.24) is 10.2 Å². The van der Waals surface area contributed by atoms with E-state index in [2.05, 4.69) is 55.7 Å². The van der Waals surface area contributed by atoms with Gasteiger partial charge in [0.05, 0.1) is 12.8 Å². The van der Waals surface area contributed by atoms with Crippen molar-refractivity contribution < 1.29 is 4.42 Å². The zero-order chi connectivity index (χ0) is 13.9. The largest absolute Gasteiger partial charge is 0.468 e. The first kappa shape index (κ1) is 14.9. The van der Waals surface area contributed by atoms with Crippen molar-refractivity contribution in [2.75, 3.05) is 18.8 Å². The molecule has 1 saturated heterocycles. The second kappa shape index (κ2) is 6.33. The fourth-order valence-electron chi connectivity index (χ4n) is 2.28. The number of thioether (sulfide) groups is 1. The van der Waals surface area contributed by atoms with Crippen LogP contribution in [-0.2, 0) is 13.1 Å². The molecular weight excluding hydrogens is 256 g/mol. The predicted molar refractivity (Wildman–Crippen MR) is 82.5 cm³/mol. The smallest absolute Gasteiger partial charge is 0.122 e. The van der Waals surface area contributed by atoms with Crippen LogP contribution in [0.25, 0.3) is 0 Å². The second-order valence-corrected chi connectivity index (χ2v) is 7.94. The number of rotatable bonds is 4. The molecule has 1 aliphatic rings. The van der Waals surface area contributed by atoms with Gasteiger partial charge < -0.3 is 9.73 Å². The van der Waals surface area contributed by atoms with Crippen molar-refractivity contribution in [3.05, 3.63) is 23.7 Å². The van der Waals surface area contributed by atoms with Crippen LogP contribution in [0.1, 0.15) is 39.0 Å². The van der Waals surface area contributed by atoms with Crippen LogP contribution in [-0.4, -0.2) is 34.5 Å². The summed E-state index contributed by atoms with van der Waals surface area (Å²) in [5, 5.41) is 4.24. The molecule has 0 saturated carbocycles. The van der Waals surface area contributed by atoms with E-state index in [0.29, 0.717) is 0 Å². The molecule has 0 spiro atoms. The number of hydrogen-bond donors (Lipinski definition) is 1. The average molecular weight is 282 g/mol. The zero-order valence-corrected chi connectivity index (χ0v) is 13.3. The lowest BCUT2D eigenvalue weighted by Crippen LogP contribution is -2.37. The Bertz CT molecular complexity index is 397. The lowest BCUT2D eigenvalue weighted by atomic mass is 10.1. The molecule has 0 radical (unpaired) electrons. The highest BCUT2D eigenvalue weighted by Gasteiger charge is 2.19. The standard InChI is InChI=1S/C15H26N2OS/c1-12-10-17(6-8-19-12)11-13-5-7-18-14(13)9-16-15(2,3)4/h5,7,12,16H,6,8-11H2,1-4H3. The molecule has 19 heavy (non-hydrogen) atoms. The van der Waals surface area contributed by atoms with Gasteiger partial charge in [-0.25, -0.2) is 0 Å². The molecular formula is C15H26N2OS. The van der Waals surface area contributed by atoms with Gasteiger partial charge in [-0.05, 0) is 26.8 Å². The van der Waals surface area contributed by atoms with Crippen molar-refractivity contribution in [3.8, 4) is 0 Å². The van der Waals surface area contributed by atoms with Crippen LogP contribution in [0.5, 0.6) is 0 Å². The molecule has 1 N–H and O–H groups in total. The third-order valence-electron chi connectivity index (χ3n) is 3.34. The van der Waals surface area contributed by atoms with E-state index in [0.717, 1.165) is 24.1 Å². The van der Waals surface area contributed by atoms with E-state index in [9.17, 15) is 0 Å². The minimum absolute atomic E-state index is 0.125. The first-order valence-electron chi connectivity index (χ1n) is 7.08. The summed E-state index contributed by atoms with van der Waals surface area (Å²) in [6.45, 7) is 13.0. The Hall–Kier alpha value is -0.450. The molecule has 2 heterocycles. The number of nitrogens with zero attached hydrogens (tertiary/aromatic N) is 1. The van der Waals surface area contributed by atoms with Gasteiger partial charge in [0.25, 0.3) is 0 Å². The van der Waals surface area contributed by atoms with Crippen LogP contribution in [0.4, 0.5) is 0 Å². The van der Waals surface area contributed by atoms with E-state index in [1.807, 2.05) is 6.26 Å². The van der Waals surface area contributed by atoms with Crippen molar-refractivity contribution in [2.24, 2.45) is 0 Å². The Kier molecular flexibility index (Phi) is 4.98. The Morgan fingerprint density at radius 2 is 2.26 bits per heavy atom. The summed E-state index contributed by atoms with van der Waals surface area (Å²) in [6, 6.07) is 2.12. The maximum absolute atomic E-state index is 5.63. The Labute approximate surface area is 121 Å². The van der Waals surface area contributed by atoms with E-state index in [4.69, 9.17) is 4.42 Å². The minimum atomic E-state index is 0.125. The summed E-state index contributed by atoms with van der Waals surface area (Å²) >= 11 is 2.07. The van der Waals surface area contributed by atoms with Gasteiger partial charge in [-0.1, -0.05) is 6.92 Å². The van der Waals surface area contributed by atoms with Gasteiger partial charge >= 0.3 is 0 Å². The van der Waals surface area contributed by atoms with E-state index in [1.165, 1.54) is 24.4 Å². The fourth-order valence-corrected chi connectivity index (χ4v) is 3.37. The molecule has 0 amide bonds. The molecule has 4 heteroatoms. The minimum Gasteiger partial charge on any atom is -0.468 e. The normalized spacial score (nSPS) is 21.8.